The molecule has 1 aliphatic rings. The Labute approximate surface area is 171 Å². The van der Waals surface area contributed by atoms with E-state index >= 15 is 0 Å². The summed E-state index contributed by atoms with van der Waals surface area (Å²) >= 11 is 0. The molecule has 7 heteroatoms. The lowest BCUT2D eigenvalue weighted by molar-refractivity contribution is -0.384. The van der Waals surface area contributed by atoms with Crippen LogP contribution in [0.3, 0.4) is 0 Å². The van der Waals surface area contributed by atoms with Crippen LogP contribution in [0.4, 0.5) is 17.1 Å². The lowest BCUT2D eigenvalue weighted by Crippen LogP contribution is -2.49. The third-order valence-corrected chi connectivity index (χ3v) is 5.40. The molecule has 0 atom stereocenters. The van der Waals surface area contributed by atoms with Crippen molar-refractivity contribution in [1.29, 1.82) is 0 Å². The number of nitro benzene ring substituents is 1. The summed E-state index contributed by atoms with van der Waals surface area (Å²) in [5.74, 6) is 0.00589. The van der Waals surface area contributed by atoms with Gasteiger partial charge >= 0.3 is 0 Å². The molecule has 1 heterocycles. The van der Waals surface area contributed by atoms with Crippen LogP contribution in [0, 0.1) is 10.1 Å². The van der Waals surface area contributed by atoms with Crippen molar-refractivity contribution in [2.24, 2.45) is 0 Å². The fourth-order valence-corrected chi connectivity index (χ4v) is 3.86. The second-order valence-corrected chi connectivity index (χ2v) is 7.45. The number of carbonyl (C=O) groups excluding carboxylic acids is 1. The van der Waals surface area contributed by atoms with E-state index in [1.807, 2.05) is 34.1 Å². The molecular weight excluding hydrogens is 368 g/mol. The van der Waals surface area contributed by atoms with Crippen LogP contribution in [-0.2, 0) is 0 Å². The molecule has 1 fully saturated rings. The summed E-state index contributed by atoms with van der Waals surface area (Å²) in [6.07, 6.45) is 0. The number of piperazine rings is 1. The quantitative estimate of drug-likeness (QED) is 0.549. The molecule has 29 heavy (non-hydrogen) atoms. The van der Waals surface area contributed by atoms with E-state index in [2.05, 4.69) is 25.7 Å². The first-order valence-electron chi connectivity index (χ1n) is 10.1. The van der Waals surface area contributed by atoms with Gasteiger partial charge in [-0.25, -0.2) is 0 Å². The highest BCUT2D eigenvalue weighted by atomic mass is 16.6. The first-order chi connectivity index (χ1) is 13.9. The maximum Gasteiger partial charge on any atom is 0.292 e. The van der Waals surface area contributed by atoms with E-state index in [0.29, 0.717) is 43.5 Å². The van der Waals surface area contributed by atoms with Crippen molar-refractivity contribution in [3.63, 3.8) is 0 Å². The minimum Gasteiger partial charge on any atom is -0.369 e. The van der Waals surface area contributed by atoms with Crippen molar-refractivity contribution in [1.82, 2.24) is 4.90 Å². The molecule has 0 aliphatic carbocycles. The number of rotatable bonds is 6. The summed E-state index contributed by atoms with van der Waals surface area (Å²) in [7, 11) is 0. The van der Waals surface area contributed by atoms with Gasteiger partial charge in [-0.1, -0.05) is 12.1 Å². The summed E-state index contributed by atoms with van der Waals surface area (Å²) < 4.78 is 0. The fourth-order valence-electron chi connectivity index (χ4n) is 3.86. The average molecular weight is 396 g/mol. The molecule has 1 aliphatic heterocycles. The van der Waals surface area contributed by atoms with Gasteiger partial charge in [0.2, 0.25) is 0 Å². The molecule has 0 spiro atoms. The average Bonchev–Trinajstić information content (AvgIpc) is 2.74. The smallest absolute Gasteiger partial charge is 0.292 e. The zero-order chi connectivity index (χ0) is 21.0. The van der Waals surface area contributed by atoms with Crippen molar-refractivity contribution in [3.8, 4) is 0 Å². The molecule has 0 radical (unpaired) electrons. The van der Waals surface area contributed by atoms with Crippen molar-refractivity contribution in [2.45, 2.75) is 26.8 Å². The normalized spacial score (nSPS) is 14.2. The van der Waals surface area contributed by atoms with E-state index < -0.39 is 0 Å². The molecule has 0 aromatic heterocycles. The van der Waals surface area contributed by atoms with Gasteiger partial charge in [-0.05, 0) is 51.1 Å². The van der Waals surface area contributed by atoms with Gasteiger partial charge in [0.15, 0.2) is 0 Å². The van der Waals surface area contributed by atoms with Gasteiger partial charge in [-0.2, -0.15) is 0 Å². The number of anilines is 2. The molecule has 7 nitrogen and oxygen atoms in total. The van der Waals surface area contributed by atoms with Crippen LogP contribution in [0.5, 0.6) is 0 Å². The number of hydrogen-bond donors (Lipinski definition) is 0. The summed E-state index contributed by atoms with van der Waals surface area (Å²) in [5.41, 5.74) is 2.50. The Balaban J connectivity index is 1.65. The van der Waals surface area contributed by atoms with Crippen LogP contribution in [0.25, 0.3) is 0 Å². The summed E-state index contributed by atoms with van der Waals surface area (Å²) in [6.45, 7) is 9.57. The van der Waals surface area contributed by atoms with Gasteiger partial charge < -0.3 is 14.7 Å². The minimum absolute atomic E-state index is 0.00589. The number of benzene rings is 2. The van der Waals surface area contributed by atoms with Crippen LogP contribution in [0.15, 0.2) is 48.5 Å². The van der Waals surface area contributed by atoms with Gasteiger partial charge in [0.1, 0.15) is 5.69 Å². The first-order valence-corrected chi connectivity index (χ1v) is 10.1. The van der Waals surface area contributed by atoms with E-state index in [1.165, 1.54) is 6.07 Å². The van der Waals surface area contributed by atoms with E-state index in [4.69, 9.17) is 0 Å². The highest BCUT2D eigenvalue weighted by molar-refractivity contribution is 5.94. The van der Waals surface area contributed by atoms with Crippen LogP contribution < -0.4 is 9.80 Å². The maximum absolute atomic E-state index is 12.9. The monoisotopic (exact) mass is 396 g/mol. The Morgan fingerprint density at radius 2 is 1.69 bits per heavy atom. The number of nitrogens with zero attached hydrogens (tertiary/aromatic N) is 4. The number of amides is 1. The van der Waals surface area contributed by atoms with E-state index in [1.54, 1.807) is 18.2 Å². The van der Waals surface area contributed by atoms with Gasteiger partial charge in [-0.3, -0.25) is 14.9 Å². The van der Waals surface area contributed by atoms with Crippen LogP contribution >= 0.6 is 0 Å². The molecular formula is C22H28N4O3. The van der Waals surface area contributed by atoms with E-state index in [0.717, 1.165) is 12.2 Å². The third kappa shape index (κ3) is 4.50. The first kappa shape index (κ1) is 20.6. The molecule has 2 aromatic carbocycles. The molecule has 0 saturated carbocycles. The zero-order valence-corrected chi connectivity index (χ0v) is 17.2. The standard InChI is InChI=1S/C22H28N4O3/c1-4-25(17(2)3)19-11-9-18(10-12-19)22(27)24-15-13-23(14-16-24)20-7-5-6-8-21(20)26(28)29/h5-12,17H,4,13-16H2,1-3H3. The summed E-state index contributed by atoms with van der Waals surface area (Å²) in [4.78, 5) is 29.9. The minimum atomic E-state index is -0.356. The Morgan fingerprint density at radius 1 is 1.07 bits per heavy atom. The lowest BCUT2D eigenvalue weighted by Gasteiger charge is -2.36. The van der Waals surface area contributed by atoms with E-state index in [9.17, 15) is 14.9 Å². The molecule has 2 aromatic rings. The molecule has 0 bridgehead atoms. The summed E-state index contributed by atoms with van der Waals surface area (Å²) in [5, 5.41) is 11.3. The topological polar surface area (TPSA) is 69.9 Å². The summed E-state index contributed by atoms with van der Waals surface area (Å²) in [6, 6.07) is 14.9. The fraction of sp³-hybridized carbons (Fsp3) is 0.409. The third-order valence-electron chi connectivity index (χ3n) is 5.40. The van der Waals surface area contributed by atoms with Gasteiger partial charge in [0, 0.05) is 56.1 Å². The predicted octanol–water partition coefficient (Wildman–Crippen LogP) is 3.79. The lowest BCUT2D eigenvalue weighted by atomic mass is 10.1. The highest BCUT2D eigenvalue weighted by Gasteiger charge is 2.26. The van der Waals surface area contributed by atoms with Crippen LogP contribution in [-0.4, -0.2) is 54.5 Å². The number of hydrogen-bond acceptors (Lipinski definition) is 5. The molecule has 1 amide bonds. The number of para-hydroxylation sites is 2. The molecule has 0 unspecified atom stereocenters. The largest absolute Gasteiger partial charge is 0.369 e. The van der Waals surface area contributed by atoms with Gasteiger partial charge in [0.25, 0.3) is 11.6 Å². The van der Waals surface area contributed by atoms with E-state index in [-0.39, 0.29) is 16.5 Å². The Morgan fingerprint density at radius 3 is 2.24 bits per heavy atom. The van der Waals surface area contributed by atoms with Crippen LogP contribution in [0.2, 0.25) is 0 Å². The molecule has 0 N–H and O–H groups in total. The molecule has 3 rings (SSSR count). The SMILES string of the molecule is CCN(c1ccc(C(=O)N2CCN(c3ccccc3[N+](=O)[O-])CC2)cc1)C(C)C. The highest BCUT2D eigenvalue weighted by Crippen LogP contribution is 2.28. The number of nitro groups is 1. The predicted molar refractivity (Wildman–Crippen MR) is 116 cm³/mol. The molecule has 1 saturated heterocycles. The maximum atomic E-state index is 12.9. The van der Waals surface area contributed by atoms with Gasteiger partial charge in [-0.15, -0.1) is 0 Å². The van der Waals surface area contributed by atoms with Crippen molar-refractivity contribution in [3.05, 3.63) is 64.2 Å². The number of carbonyl (C=O) groups is 1. The molecule has 154 valence electrons. The Bertz CT molecular complexity index is 859. The second kappa shape index (κ2) is 8.94. The second-order valence-electron chi connectivity index (χ2n) is 7.45. The Hall–Kier alpha value is -3.09. The zero-order valence-electron chi connectivity index (χ0n) is 17.2. The van der Waals surface area contributed by atoms with Crippen molar-refractivity contribution in [2.75, 3.05) is 42.5 Å². The van der Waals surface area contributed by atoms with Gasteiger partial charge in [0.05, 0.1) is 4.92 Å². The Kier molecular flexibility index (Phi) is 6.36. The van der Waals surface area contributed by atoms with Crippen molar-refractivity contribution < 1.29 is 9.72 Å². The van der Waals surface area contributed by atoms with Crippen LogP contribution in [0.1, 0.15) is 31.1 Å². The van der Waals surface area contributed by atoms with Crippen molar-refractivity contribution >= 4 is 23.0 Å².